The smallest absolute Gasteiger partial charge is 0.122 e. The second-order valence-electron chi connectivity index (χ2n) is 3.81. The molecule has 0 saturated heterocycles. The van der Waals surface area contributed by atoms with Gasteiger partial charge in [-0.2, -0.15) is 0 Å². The van der Waals surface area contributed by atoms with Gasteiger partial charge in [0.05, 0.1) is 33.0 Å². The monoisotopic (exact) mass is 257 g/mol. The number of ether oxygens (including phenoxy) is 3. The van der Waals surface area contributed by atoms with Crippen LogP contribution < -0.4 is 5.32 Å². The average Bonchev–Trinajstić information content (AvgIpc) is 2.82. The molecule has 0 unspecified atom stereocenters. The standard InChI is InChI=1S/C12H23N3O3/c1-16-7-4-13-11-12-14-3-5-15(12)6-8-18-10-9-17-2/h3,5,13H,4,6-11H2,1-2H3. The van der Waals surface area contributed by atoms with E-state index >= 15 is 0 Å². The summed E-state index contributed by atoms with van der Waals surface area (Å²) in [5.41, 5.74) is 0. The molecule has 0 saturated carbocycles. The molecule has 0 atom stereocenters. The molecule has 6 nitrogen and oxygen atoms in total. The third kappa shape index (κ3) is 6.11. The van der Waals surface area contributed by atoms with E-state index in [-0.39, 0.29) is 0 Å². The van der Waals surface area contributed by atoms with Gasteiger partial charge in [0.15, 0.2) is 0 Å². The SMILES string of the molecule is COCCNCc1nccn1CCOCCOC. The van der Waals surface area contributed by atoms with E-state index in [2.05, 4.69) is 14.9 Å². The fraction of sp³-hybridized carbons (Fsp3) is 0.750. The molecule has 18 heavy (non-hydrogen) atoms. The van der Waals surface area contributed by atoms with Crippen molar-refractivity contribution >= 4 is 0 Å². The van der Waals surface area contributed by atoms with E-state index in [9.17, 15) is 0 Å². The van der Waals surface area contributed by atoms with Crippen LogP contribution in [0.25, 0.3) is 0 Å². The summed E-state index contributed by atoms with van der Waals surface area (Å²) in [5, 5.41) is 3.27. The Balaban J connectivity index is 2.18. The molecule has 1 N–H and O–H groups in total. The molecule has 0 radical (unpaired) electrons. The topological polar surface area (TPSA) is 57.5 Å². The average molecular weight is 257 g/mol. The summed E-state index contributed by atoms with van der Waals surface area (Å²) >= 11 is 0. The summed E-state index contributed by atoms with van der Waals surface area (Å²) in [6, 6.07) is 0. The first-order chi connectivity index (χ1) is 8.88. The number of nitrogens with zero attached hydrogens (tertiary/aromatic N) is 2. The minimum absolute atomic E-state index is 0.632. The zero-order valence-electron chi connectivity index (χ0n) is 11.2. The Kier molecular flexibility index (Phi) is 8.41. The van der Waals surface area contributed by atoms with E-state index in [1.54, 1.807) is 14.2 Å². The maximum absolute atomic E-state index is 5.43. The molecule has 0 bridgehead atoms. The first-order valence-electron chi connectivity index (χ1n) is 6.15. The highest BCUT2D eigenvalue weighted by Crippen LogP contribution is 1.97. The molecule has 0 aliphatic rings. The van der Waals surface area contributed by atoms with E-state index in [0.717, 1.165) is 25.5 Å². The lowest BCUT2D eigenvalue weighted by atomic mass is 10.5. The van der Waals surface area contributed by atoms with Crippen LogP contribution in [0.3, 0.4) is 0 Å². The van der Waals surface area contributed by atoms with Gasteiger partial charge in [0.25, 0.3) is 0 Å². The van der Waals surface area contributed by atoms with Crippen LogP contribution in [0.1, 0.15) is 5.82 Å². The van der Waals surface area contributed by atoms with Crippen molar-refractivity contribution in [1.82, 2.24) is 14.9 Å². The van der Waals surface area contributed by atoms with E-state index < -0.39 is 0 Å². The van der Waals surface area contributed by atoms with Gasteiger partial charge in [-0.3, -0.25) is 0 Å². The minimum atomic E-state index is 0.632. The highest BCUT2D eigenvalue weighted by Gasteiger charge is 2.01. The summed E-state index contributed by atoms with van der Waals surface area (Å²) < 4.78 is 17.4. The van der Waals surface area contributed by atoms with Crippen molar-refractivity contribution in [2.24, 2.45) is 0 Å². The van der Waals surface area contributed by atoms with Crippen LogP contribution in [-0.4, -0.2) is 56.7 Å². The van der Waals surface area contributed by atoms with Crippen molar-refractivity contribution in [2.75, 3.05) is 47.2 Å². The third-order valence-corrected chi connectivity index (χ3v) is 2.48. The molecule has 0 aromatic carbocycles. The lowest BCUT2D eigenvalue weighted by Crippen LogP contribution is -2.21. The van der Waals surface area contributed by atoms with Gasteiger partial charge in [0, 0.05) is 39.7 Å². The normalized spacial score (nSPS) is 11.0. The third-order valence-electron chi connectivity index (χ3n) is 2.48. The van der Waals surface area contributed by atoms with Crippen LogP contribution >= 0.6 is 0 Å². The zero-order chi connectivity index (χ0) is 13.1. The number of hydrogen-bond acceptors (Lipinski definition) is 5. The number of rotatable bonds is 11. The van der Waals surface area contributed by atoms with Crippen molar-refractivity contribution in [3.05, 3.63) is 18.2 Å². The quantitative estimate of drug-likeness (QED) is 0.577. The molecule has 0 aliphatic heterocycles. The molecule has 0 spiro atoms. The Morgan fingerprint density at radius 2 is 2.00 bits per heavy atom. The molecular formula is C12H23N3O3. The summed E-state index contributed by atoms with van der Waals surface area (Å²) in [6.45, 7) is 5.03. The summed E-state index contributed by atoms with van der Waals surface area (Å²) in [7, 11) is 3.36. The first kappa shape index (κ1) is 15.1. The summed E-state index contributed by atoms with van der Waals surface area (Å²) in [4.78, 5) is 4.31. The Labute approximate surface area is 108 Å². The van der Waals surface area contributed by atoms with Gasteiger partial charge in [0.1, 0.15) is 5.82 Å². The highest BCUT2D eigenvalue weighted by atomic mass is 16.5. The van der Waals surface area contributed by atoms with Gasteiger partial charge in [-0.1, -0.05) is 0 Å². The maximum Gasteiger partial charge on any atom is 0.122 e. The fourth-order valence-electron chi connectivity index (χ4n) is 1.49. The molecule has 6 heteroatoms. The highest BCUT2D eigenvalue weighted by molar-refractivity contribution is 4.91. The van der Waals surface area contributed by atoms with Crippen molar-refractivity contribution in [3.8, 4) is 0 Å². The van der Waals surface area contributed by atoms with Gasteiger partial charge in [-0.25, -0.2) is 4.98 Å². The molecule has 1 aromatic heterocycles. The first-order valence-corrected chi connectivity index (χ1v) is 6.15. The summed E-state index contributed by atoms with van der Waals surface area (Å²) in [6.07, 6.45) is 3.77. The molecule has 1 heterocycles. The van der Waals surface area contributed by atoms with Gasteiger partial charge in [-0.15, -0.1) is 0 Å². The fourth-order valence-corrected chi connectivity index (χ4v) is 1.49. The number of methoxy groups -OCH3 is 2. The lowest BCUT2D eigenvalue weighted by molar-refractivity contribution is 0.0663. The second-order valence-corrected chi connectivity index (χ2v) is 3.81. The van der Waals surface area contributed by atoms with Crippen molar-refractivity contribution in [3.63, 3.8) is 0 Å². The Bertz CT molecular complexity index is 305. The Morgan fingerprint density at radius 3 is 2.78 bits per heavy atom. The van der Waals surface area contributed by atoms with Crippen molar-refractivity contribution < 1.29 is 14.2 Å². The van der Waals surface area contributed by atoms with Crippen LogP contribution in [0.4, 0.5) is 0 Å². The van der Waals surface area contributed by atoms with Crippen LogP contribution in [0.15, 0.2) is 12.4 Å². The molecule has 104 valence electrons. The number of hydrogen-bond donors (Lipinski definition) is 1. The predicted octanol–water partition coefficient (Wildman–Crippen LogP) is 0.282. The molecule has 1 rings (SSSR count). The van der Waals surface area contributed by atoms with E-state index in [4.69, 9.17) is 14.2 Å². The number of imidazole rings is 1. The Hall–Kier alpha value is -0.950. The van der Waals surface area contributed by atoms with Crippen molar-refractivity contribution in [1.29, 1.82) is 0 Å². The van der Waals surface area contributed by atoms with Crippen molar-refractivity contribution in [2.45, 2.75) is 13.1 Å². The van der Waals surface area contributed by atoms with E-state index in [1.165, 1.54) is 0 Å². The minimum Gasteiger partial charge on any atom is -0.383 e. The molecule has 0 aliphatic carbocycles. The van der Waals surface area contributed by atoms with Crippen LogP contribution in [0.5, 0.6) is 0 Å². The van der Waals surface area contributed by atoms with E-state index in [0.29, 0.717) is 26.4 Å². The zero-order valence-corrected chi connectivity index (χ0v) is 11.2. The molecular weight excluding hydrogens is 234 g/mol. The predicted molar refractivity (Wildman–Crippen MR) is 68.5 cm³/mol. The number of nitrogens with one attached hydrogen (secondary N) is 1. The largest absolute Gasteiger partial charge is 0.383 e. The molecule has 0 fully saturated rings. The van der Waals surface area contributed by atoms with Gasteiger partial charge in [0.2, 0.25) is 0 Å². The summed E-state index contributed by atoms with van der Waals surface area (Å²) in [5.74, 6) is 1.02. The van der Waals surface area contributed by atoms with Gasteiger partial charge >= 0.3 is 0 Å². The maximum atomic E-state index is 5.43. The Morgan fingerprint density at radius 1 is 1.17 bits per heavy atom. The van der Waals surface area contributed by atoms with Crippen LogP contribution in [0.2, 0.25) is 0 Å². The number of aromatic nitrogens is 2. The van der Waals surface area contributed by atoms with Gasteiger partial charge < -0.3 is 24.1 Å². The molecule has 0 amide bonds. The van der Waals surface area contributed by atoms with Crippen LogP contribution in [0, 0.1) is 0 Å². The second kappa shape index (κ2) is 10.0. The molecule has 1 aromatic rings. The lowest BCUT2D eigenvalue weighted by Gasteiger charge is -2.09. The van der Waals surface area contributed by atoms with Gasteiger partial charge in [-0.05, 0) is 0 Å². The van der Waals surface area contributed by atoms with Crippen LogP contribution in [-0.2, 0) is 27.3 Å². The van der Waals surface area contributed by atoms with E-state index in [1.807, 2.05) is 12.4 Å².